The fraction of sp³-hybridized carbons (Fsp3) is 0.875. The first-order valence-corrected chi connectivity index (χ1v) is 7.38. The SMILES string of the molecule is CC1CC(CC(=O)N(C)C(C)CC#N)CC(C)(C)C1. The Morgan fingerprint density at radius 2 is 2.11 bits per heavy atom. The number of hydrogen-bond acceptors (Lipinski definition) is 2. The van der Waals surface area contributed by atoms with Crippen LogP contribution in [0.3, 0.4) is 0 Å². The molecule has 0 saturated heterocycles. The minimum atomic E-state index is 0.0199. The Morgan fingerprint density at radius 1 is 1.47 bits per heavy atom. The highest BCUT2D eigenvalue weighted by Crippen LogP contribution is 2.42. The number of hydrogen-bond donors (Lipinski definition) is 0. The summed E-state index contributed by atoms with van der Waals surface area (Å²) in [6.45, 7) is 8.85. The number of carbonyl (C=O) groups is 1. The van der Waals surface area contributed by atoms with Crippen molar-refractivity contribution in [2.24, 2.45) is 17.3 Å². The minimum Gasteiger partial charge on any atom is -0.342 e. The van der Waals surface area contributed by atoms with E-state index in [1.54, 1.807) is 4.90 Å². The van der Waals surface area contributed by atoms with Crippen LogP contribution in [-0.2, 0) is 4.79 Å². The Kier molecular flexibility index (Phi) is 5.40. The van der Waals surface area contributed by atoms with Crippen LogP contribution in [-0.4, -0.2) is 23.9 Å². The van der Waals surface area contributed by atoms with Crippen LogP contribution < -0.4 is 0 Å². The first-order chi connectivity index (χ1) is 8.75. The second kappa shape index (κ2) is 6.41. The zero-order chi connectivity index (χ0) is 14.6. The van der Waals surface area contributed by atoms with Crippen molar-refractivity contribution in [3.8, 4) is 6.07 Å². The second-order valence-corrected chi connectivity index (χ2v) is 7.20. The number of nitriles is 1. The van der Waals surface area contributed by atoms with Gasteiger partial charge in [-0.2, -0.15) is 5.26 Å². The molecule has 1 aliphatic rings. The molecular weight excluding hydrogens is 236 g/mol. The van der Waals surface area contributed by atoms with Gasteiger partial charge in [-0.1, -0.05) is 20.8 Å². The maximum Gasteiger partial charge on any atom is 0.222 e. The molecule has 1 saturated carbocycles. The summed E-state index contributed by atoms with van der Waals surface area (Å²) in [5.74, 6) is 1.41. The molecule has 0 N–H and O–H groups in total. The van der Waals surface area contributed by atoms with E-state index in [4.69, 9.17) is 5.26 Å². The molecule has 0 heterocycles. The number of nitrogens with zero attached hydrogens (tertiary/aromatic N) is 2. The summed E-state index contributed by atoms with van der Waals surface area (Å²) in [5.41, 5.74) is 0.361. The highest BCUT2D eigenvalue weighted by Gasteiger charge is 2.33. The van der Waals surface area contributed by atoms with E-state index < -0.39 is 0 Å². The van der Waals surface area contributed by atoms with E-state index in [-0.39, 0.29) is 11.9 Å². The van der Waals surface area contributed by atoms with Gasteiger partial charge >= 0.3 is 0 Å². The van der Waals surface area contributed by atoms with Crippen molar-refractivity contribution in [1.82, 2.24) is 4.90 Å². The summed E-state index contributed by atoms with van der Waals surface area (Å²) in [6.07, 6.45) is 4.62. The molecule has 0 spiro atoms. The number of rotatable bonds is 4. The largest absolute Gasteiger partial charge is 0.342 e. The van der Waals surface area contributed by atoms with Gasteiger partial charge in [0.15, 0.2) is 0 Å². The lowest BCUT2D eigenvalue weighted by Crippen LogP contribution is -2.37. The standard InChI is InChI=1S/C16H28N2O/c1-12-8-14(11-16(3,4)10-12)9-15(19)18(5)13(2)6-7-17/h12-14H,6,8-11H2,1-5H3. The van der Waals surface area contributed by atoms with Crippen molar-refractivity contribution >= 4 is 5.91 Å². The van der Waals surface area contributed by atoms with E-state index in [1.807, 2.05) is 14.0 Å². The van der Waals surface area contributed by atoms with Gasteiger partial charge < -0.3 is 4.90 Å². The Bertz CT molecular complexity index is 356. The summed E-state index contributed by atoms with van der Waals surface area (Å²) in [6, 6.07) is 2.15. The molecule has 108 valence electrons. The lowest BCUT2D eigenvalue weighted by Gasteiger charge is -2.39. The lowest BCUT2D eigenvalue weighted by molar-refractivity contribution is -0.133. The van der Waals surface area contributed by atoms with Gasteiger partial charge in [0.05, 0.1) is 12.5 Å². The summed E-state index contributed by atoms with van der Waals surface area (Å²) in [4.78, 5) is 14.0. The van der Waals surface area contributed by atoms with Gasteiger partial charge in [0.25, 0.3) is 0 Å². The van der Waals surface area contributed by atoms with Crippen LogP contribution >= 0.6 is 0 Å². The van der Waals surface area contributed by atoms with Crippen LogP contribution in [0.2, 0.25) is 0 Å². The molecule has 3 nitrogen and oxygen atoms in total. The van der Waals surface area contributed by atoms with E-state index in [0.717, 1.165) is 12.8 Å². The molecule has 19 heavy (non-hydrogen) atoms. The summed E-state index contributed by atoms with van der Waals surface area (Å²) < 4.78 is 0. The number of amides is 1. The van der Waals surface area contributed by atoms with Crippen LogP contribution in [0.1, 0.15) is 59.8 Å². The number of carbonyl (C=O) groups excluding carboxylic acids is 1. The fourth-order valence-electron chi connectivity index (χ4n) is 3.61. The van der Waals surface area contributed by atoms with Crippen LogP contribution in [0.15, 0.2) is 0 Å². The van der Waals surface area contributed by atoms with E-state index in [2.05, 4.69) is 26.8 Å². The van der Waals surface area contributed by atoms with E-state index in [1.165, 1.54) is 6.42 Å². The fourth-order valence-corrected chi connectivity index (χ4v) is 3.61. The summed E-state index contributed by atoms with van der Waals surface area (Å²) in [7, 11) is 1.82. The predicted octanol–water partition coefficient (Wildman–Crippen LogP) is 3.60. The molecule has 3 unspecified atom stereocenters. The third-order valence-corrected chi connectivity index (χ3v) is 4.38. The smallest absolute Gasteiger partial charge is 0.222 e. The van der Waals surface area contributed by atoms with E-state index in [9.17, 15) is 4.79 Å². The predicted molar refractivity (Wildman–Crippen MR) is 77.4 cm³/mol. The maximum absolute atomic E-state index is 12.3. The molecule has 1 fully saturated rings. The van der Waals surface area contributed by atoms with Crippen LogP contribution in [0.5, 0.6) is 0 Å². The molecule has 1 amide bonds. The van der Waals surface area contributed by atoms with Gasteiger partial charge in [-0.15, -0.1) is 0 Å². The van der Waals surface area contributed by atoms with Gasteiger partial charge in [-0.05, 0) is 43.4 Å². The van der Waals surface area contributed by atoms with E-state index >= 15 is 0 Å². The average molecular weight is 264 g/mol. The van der Waals surface area contributed by atoms with Gasteiger partial charge in [-0.25, -0.2) is 0 Å². The summed E-state index contributed by atoms with van der Waals surface area (Å²) >= 11 is 0. The molecule has 1 aliphatic carbocycles. The molecular formula is C16H28N2O. The molecule has 0 aromatic rings. The third-order valence-electron chi connectivity index (χ3n) is 4.38. The molecule has 1 rings (SSSR count). The molecule has 0 bridgehead atoms. The zero-order valence-electron chi connectivity index (χ0n) is 13.1. The first-order valence-electron chi connectivity index (χ1n) is 7.38. The quantitative estimate of drug-likeness (QED) is 0.778. The maximum atomic E-state index is 12.3. The highest BCUT2D eigenvalue weighted by molar-refractivity contribution is 5.76. The average Bonchev–Trinajstić information content (AvgIpc) is 2.25. The van der Waals surface area contributed by atoms with Gasteiger partial charge in [0.1, 0.15) is 0 Å². The molecule has 3 heteroatoms. The zero-order valence-corrected chi connectivity index (χ0v) is 13.1. The first kappa shape index (κ1) is 16.0. The summed E-state index contributed by atoms with van der Waals surface area (Å²) in [5, 5.41) is 8.70. The second-order valence-electron chi connectivity index (χ2n) is 7.20. The highest BCUT2D eigenvalue weighted by atomic mass is 16.2. The normalized spacial score (nSPS) is 27.4. The van der Waals surface area contributed by atoms with Crippen LogP contribution in [0, 0.1) is 28.6 Å². The van der Waals surface area contributed by atoms with Gasteiger partial charge in [-0.3, -0.25) is 4.79 Å². The molecule has 0 aromatic carbocycles. The van der Waals surface area contributed by atoms with Crippen molar-refractivity contribution in [3.05, 3.63) is 0 Å². The Morgan fingerprint density at radius 3 is 2.63 bits per heavy atom. The van der Waals surface area contributed by atoms with Crippen LogP contribution in [0.25, 0.3) is 0 Å². The van der Waals surface area contributed by atoms with Crippen molar-refractivity contribution in [1.29, 1.82) is 5.26 Å². The van der Waals surface area contributed by atoms with Crippen LogP contribution in [0.4, 0.5) is 0 Å². The van der Waals surface area contributed by atoms with Crippen molar-refractivity contribution in [2.45, 2.75) is 65.8 Å². The molecule has 3 atom stereocenters. The molecule has 0 aromatic heterocycles. The topological polar surface area (TPSA) is 44.1 Å². The minimum absolute atomic E-state index is 0.0199. The molecule has 0 radical (unpaired) electrons. The third kappa shape index (κ3) is 4.86. The monoisotopic (exact) mass is 264 g/mol. The van der Waals surface area contributed by atoms with E-state index in [0.29, 0.717) is 30.1 Å². The Hall–Kier alpha value is -1.04. The van der Waals surface area contributed by atoms with Crippen molar-refractivity contribution in [2.75, 3.05) is 7.05 Å². The Balaban J connectivity index is 2.54. The van der Waals surface area contributed by atoms with Gasteiger partial charge in [0, 0.05) is 19.5 Å². The van der Waals surface area contributed by atoms with Gasteiger partial charge in [0.2, 0.25) is 5.91 Å². The lowest BCUT2D eigenvalue weighted by atomic mass is 9.67. The Labute approximate surface area is 118 Å². The van der Waals surface area contributed by atoms with Crippen molar-refractivity contribution in [3.63, 3.8) is 0 Å². The van der Waals surface area contributed by atoms with Crippen molar-refractivity contribution < 1.29 is 4.79 Å². The molecule has 0 aliphatic heterocycles.